The van der Waals surface area contributed by atoms with Gasteiger partial charge in [0, 0.05) is 23.6 Å². The minimum atomic E-state index is -0.899. The van der Waals surface area contributed by atoms with Gasteiger partial charge >= 0.3 is 0 Å². The van der Waals surface area contributed by atoms with E-state index < -0.39 is 11.8 Å². The second-order valence-corrected chi connectivity index (χ2v) is 7.62. The van der Waals surface area contributed by atoms with Crippen LogP contribution in [-0.2, 0) is 7.05 Å². The number of furan rings is 1. The summed E-state index contributed by atoms with van der Waals surface area (Å²) in [6, 6.07) is 17.0. The summed E-state index contributed by atoms with van der Waals surface area (Å²) in [7, 11) is 1.95. The summed E-state index contributed by atoms with van der Waals surface area (Å²) in [6.07, 6.45) is 1.99. The number of hydrogen-bond acceptors (Lipinski definition) is 2. The molecule has 2 aromatic carbocycles. The van der Waals surface area contributed by atoms with Gasteiger partial charge in [0.05, 0.1) is 10.9 Å². The summed E-state index contributed by atoms with van der Waals surface area (Å²) >= 11 is 0. The number of benzene rings is 2. The van der Waals surface area contributed by atoms with Crippen LogP contribution in [0.15, 0.2) is 65.2 Å². The van der Waals surface area contributed by atoms with Gasteiger partial charge in [-0.3, -0.25) is 0 Å². The fourth-order valence-corrected chi connectivity index (χ4v) is 3.92. The Labute approximate surface area is 172 Å². The molecule has 5 rings (SSSR count). The van der Waals surface area contributed by atoms with E-state index in [-0.39, 0.29) is 11.1 Å². The van der Waals surface area contributed by atoms with E-state index in [1.54, 1.807) is 6.07 Å². The van der Waals surface area contributed by atoms with Crippen molar-refractivity contribution in [2.75, 3.05) is 0 Å². The van der Waals surface area contributed by atoms with E-state index in [2.05, 4.69) is 48.3 Å². The molecule has 30 heavy (non-hydrogen) atoms. The van der Waals surface area contributed by atoms with Crippen LogP contribution < -0.4 is 4.57 Å². The van der Waals surface area contributed by atoms with Crippen molar-refractivity contribution >= 4 is 22.1 Å². The molecule has 0 radical (unpaired) electrons. The molecule has 0 spiro atoms. The van der Waals surface area contributed by atoms with Crippen molar-refractivity contribution in [3.63, 3.8) is 0 Å². The lowest BCUT2D eigenvalue weighted by atomic mass is 9.98. The van der Waals surface area contributed by atoms with E-state index in [1.807, 2.05) is 30.8 Å². The van der Waals surface area contributed by atoms with Crippen LogP contribution in [0.3, 0.4) is 0 Å². The molecule has 0 saturated heterocycles. The molecule has 0 fully saturated rings. The van der Waals surface area contributed by atoms with Crippen LogP contribution in [0.1, 0.15) is 11.1 Å². The lowest BCUT2D eigenvalue weighted by Gasteiger charge is -2.08. The van der Waals surface area contributed by atoms with Crippen molar-refractivity contribution in [1.29, 1.82) is 0 Å². The third-order valence-electron chi connectivity index (χ3n) is 5.53. The Morgan fingerprint density at radius 2 is 1.67 bits per heavy atom. The van der Waals surface area contributed by atoms with Gasteiger partial charge in [-0.15, -0.1) is 0 Å². The highest BCUT2D eigenvalue weighted by molar-refractivity contribution is 6.09. The molecule has 0 saturated carbocycles. The van der Waals surface area contributed by atoms with Crippen LogP contribution in [0.25, 0.3) is 44.5 Å². The molecule has 0 bridgehead atoms. The standard InChI is InChI=1S/C25H19F2N2O/c1-14-4-7-16(8-5-14)17-10-11-29(3)20(12-17)22-15(2)6-9-18-23-19(26)13-21(27)28-25(23)30-24(18)22/h4-13H,1-3H3/q+1. The van der Waals surface area contributed by atoms with Crippen molar-refractivity contribution in [2.45, 2.75) is 13.8 Å². The summed E-state index contributed by atoms with van der Waals surface area (Å²) in [5.74, 6) is -1.58. The number of hydrogen-bond donors (Lipinski definition) is 0. The first-order chi connectivity index (χ1) is 14.4. The van der Waals surface area contributed by atoms with Gasteiger partial charge in [0.25, 0.3) is 0 Å². The van der Waals surface area contributed by atoms with Crippen LogP contribution in [0.4, 0.5) is 8.78 Å². The highest BCUT2D eigenvalue weighted by atomic mass is 19.1. The van der Waals surface area contributed by atoms with E-state index >= 15 is 0 Å². The number of aromatic nitrogens is 2. The van der Waals surface area contributed by atoms with Gasteiger partial charge in [0.2, 0.25) is 17.4 Å². The number of pyridine rings is 2. The number of halogens is 2. The summed E-state index contributed by atoms with van der Waals surface area (Å²) in [6.45, 7) is 4.03. The summed E-state index contributed by atoms with van der Waals surface area (Å²) in [4.78, 5) is 3.75. The highest BCUT2D eigenvalue weighted by Gasteiger charge is 2.23. The van der Waals surface area contributed by atoms with Gasteiger partial charge in [0.15, 0.2) is 11.8 Å². The predicted molar refractivity (Wildman–Crippen MR) is 113 cm³/mol. The second kappa shape index (κ2) is 6.73. The third-order valence-corrected chi connectivity index (χ3v) is 5.53. The average Bonchev–Trinajstić information content (AvgIpc) is 3.08. The predicted octanol–water partition coefficient (Wildman–Crippen LogP) is 6.03. The van der Waals surface area contributed by atoms with Crippen molar-refractivity contribution in [2.24, 2.45) is 7.05 Å². The topological polar surface area (TPSA) is 29.9 Å². The zero-order chi connectivity index (χ0) is 21.0. The van der Waals surface area contributed by atoms with Crippen LogP contribution in [-0.4, -0.2) is 4.98 Å². The van der Waals surface area contributed by atoms with Gasteiger partial charge in [-0.05, 0) is 30.5 Å². The molecule has 3 aromatic heterocycles. The molecule has 0 atom stereocenters. The van der Waals surface area contributed by atoms with E-state index in [1.165, 1.54) is 5.56 Å². The lowest BCUT2D eigenvalue weighted by Crippen LogP contribution is -2.30. The first-order valence-electron chi connectivity index (χ1n) is 9.67. The Morgan fingerprint density at radius 3 is 2.43 bits per heavy atom. The van der Waals surface area contributed by atoms with Crippen molar-refractivity contribution < 1.29 is 17.8 Å². The van der Waals surface area contributed by atoms with Crippen LogP contribution >= 0.6 is 0 Å². The zero-order valence-electron chi connectivity index (χ0n) is 16.8. The minimum Gasteiger partial charge on any atom is -0.437 e. The second-order valence-electron chi connectivity index (χ2n) is 7.62. The Hall–Kier alpha value is -3.60. The van der Waals surface area contributed by atoms with Crippen molar-refractivity contribution in [3.8, 4) is 22.4 Å². The summed E-state index contributed by atoms with van der Waals surface area (Å²) in [5, 5.41) is 0.779. The van der Waals surface area contributed by atoms with Gasteiger partial charge in [-0.2, -0.15) is 9.37 Å². The highest BCUT2D eigenvalue weighted by Crippen LogP contribution is 2.38. The smallest absolute Gasteiger partial charge is 0.232 e. The van der Waals surface area contributed by atoms with Gasteiger partial charge in [0.1, 0.15) is 12.9 Å². The zero-order valence-corrected chi connectivity index (χ0v) is 16.8. The van der Waals surface area contributed by atoms with Gasteiger partial charge in [-0.1, -0.05) is 42.0 Å². The van der Waals surface area contributed by atoms with E-state index in [0.717, 1.165) is 34.0 Å². The molecule has 3 heterocycles. The Balaban J connectivity index is 1.81. The van der Waals surface area contributed by atoms with E-state index in [9.17, 15) is 8.78 Å². The summed E-state index contributed by atoms with van der Waals surface area (Å²) in [5.41, 5.74) is 6.55. The molecule has 0 aliphatic carbocycles. The SMILES string of the molecule is Cc1ccc(-c2cc[n+](C)c(-c3c(C)ccc4c3oc3nc(F)cc(F)c34)c2)cc1. The molecule has 5 heteroatoms. The molecule has 0 aliphatic rings. The maximum atomic E-state index is 14.5. The van der Waals surface area contributed by atoms with E-state index in [0.29, 0.717) is 11.0 Å². The van der Waals surface area contributed by atoms with Crippen LogP contribution in [0, 0.1) is 25.6 Å². The monoisotopic (exact) mass is 401 g/mol. The number of rotatable bonds is 2. The normalized spacial score (nSPS) is 11.5. The largest absolute Gasteiger partial charge is 0.437 e. The van der Waals surface area contributed by atoms with Crippen LogP contribution in [0.5, 0.6) is 0 Å². The first kappa shape index (κ1) is 18.4. The fraction of sp³-hybridized carbons (Fsp3) is 0.120. The third kappa shape index (κ3) is 2.86. The summed E-state index contributed by atoms with van der Waals surface area (Å²) < 4.78 is 36.0. The molecule has 0 N–H and O–H groups in total. The van der Waals surface area contributed by atoms with E-state index in [4.69, 9.17) is 4.42 Å². The number of fused-ring (bicyclic) bond motifs is 3. The molecule has 5 aromatic rings. The Morgan fingerprint density at radius 1 is 0.900 bits per heavy atom. The average molecular weight is 401 g/mol. The molecular formula is C25H19F2N2O+. The Bertz CT molecular complexity index is 1440. The molecular weight excluding hydrogens is 382 g/mol. The maximum absolute atomic E-state index is 14.5. The van der Waals surface area contributed by atoms with Gasteiger partial charge in [-0.25, -0.2) is 8.96 Å². The van der Waals surface area contributed by atoms with Crippen molar-refractivity contribution in [1.82, 2.24) is 4.98 Å². The molecule has 0 amide bonds. The van der Waals surface area contributed by atoms with Crippen molar-refractivity contribution in [3.05, 3.63) is 83.7 Å². The first-order valence-corrected chi connectivity index (χ1v) is 9.67. The molecule has 148 valence electrons. The maximum Gasteiger partial charge on any atom is 0.232 e. The Kier molecular flexibility index (Phi) is 4.13. The molecule has 3 nitrogen and oxygen atoms in total. The number of nitrogens with zero attached hydrogens (tertiary/aromatic N) is 2. The molecule has 0 unspecified atom stereocenters. The quantitative estimate of drug-likeness (QED) is 0.267. The van der Waals surface area contributed by atoms with Gasteiger partial charge < -0.3 is 4.42 Å². The van der Waals surface area contributed by atoms with Crippen LogP contribution in [0.2, 0.25) is 0 Å². The minimum absolute atomic E-state index is 0.0355. The fourth-order valence-electron chi connectivity index (χ4n) is 3.92. The lowest BCUT2D eigenvalue weighted by molar-refractivity contribution is -0.660. The molecule has 0 aliphatic heterocycles. The number of aryl methyl sites for hydroxylation is 3.